The lowest BCUT2D eigenvalue weighted by molar-refractivity contribution is -0.384. The Balaban J connectivity index is 2.47. The molecule has 0 spiro atoms. The molecule has 1 aromatic carbocycles. The SMILES string of the molecule is CN(CC(F)(F)F)c1cc(N2CCC(C(C)(C)O)CC2)c(C(=O)O)cc1[N+](=O)[O-]. The summed E-state index contributed by atoms with van der Waals surface area (Å²) in [6.07, 6.45) is -3.49. The lowest BCUT2D eigenvalue weighted by Gasteiger charge is -2.39. The minimum Gasteiger partial charge on any atom is -0.478 e. The van der Waals surface area contributed by atoms with Crippen molar-refractivity contribution in [2.24, 2.45) is 5.92 Å². The van der Waals surface area contributed by atoms with E-state index < -0.39 is 34.9 Å². The van der Waals surface area contributed by atoms with Gasteiger partial charge in [-0.15, -0.1) is 0 Å². The molecule has 8 nitrogen and oxygen atoms in total. The molecular weight excluding hydrogens is 395 g/mol. The van der Waals surface area contributed by atoms with E-state index >= 15 is 0 Å². The van der Waals surface area contributed by atoms with E-state index in [-0.39, 0.29) is 22.9 Å². The number of alkyl halides is 3. The predicted molar refractivity (Wildman–Crippen MR) is 101 cm³/mol. The smallest absolute Gasteiger partial charge is 0.405 e. The number of carboxylic acid groups (broad SMARTS) is 1. The molecule has 1 heterocycles. The van der Waals surface area contributed by atoms with Crippen molar-refractivity contribution in [1.82, 2.24) is 0 Å². The zero-order valence-corrected chi connectivity index (χ0v) is 16.4. The Labute approximate surface area is 165 Å². The molecule has 0 atom stereocenters. The molecule has 0 saturated carbocycles. The maximum absolute atomic E-state index is 12.8. The summed E-state index contributed by atoms with van der Waals surface area (Å²) in [5.41, 5.74) is -2.14. The van der Waals surface area contributed by atoms with Crippen LogP contribution < -0.4 is 9.80 Å². The third kappa shape index (κ3) is 5.49. The average Bonchev–Trinajstić information content (AvgIpc) is 2.58. The highest BCUT2D eigenvalue weighted by Crippen LogP contribution is 2.39. The number of nitrogens with zero attached hydrogens (tertiary/aromatic N) is 3. The van der Waals surface area contributed by atoms with Gasteiger partial charge in [-0.1, -0.05) is 0 Å². The molecule has 162 valence electrons. The van der Waals surface area contributed by atoms with Gasteiger partial charge in [-0.25, -0.2) is 4.79 Å². The van der Waals surface area contributed by atoms with Gasteiger partial charge in [-0.05, 0) is 38.7 Å². The van der Waals surface area contributed by atoms with Crippen molar-refractivity contribution >= 4 is 23.0 Å². The Morgan fingerprint density at radius 1 is 1.31 bits per heavy atom. The van der Waals surface area contributed by atoms with Gasteiger partial charge in [0.2, 0.25) is 0 Å². The van der Waals surface area contributed by atoms with E-state index in [0.29, 0.717) is 30.8 Å². The van der Waals surface area contributed by atoms with Crippen molar-refractivity contribution in [3.63, 3.8) is 0 Å². The number of nitro groups is 1. The highest BCUT2D eigenvalue weighted by Gasteiger charge is 2.35. The van der Waals surface area contributed by atoms with E-state index in [2.05, 4.69) is 0 Å². The molecule has 0 amide bonds. The lowest BCUT2D eigenvalue weighted by atomic mass is 9.83. The molecule has 1 aromatic rings. The first kappa shape index (κ1) is 22.7. The summed E-state index contributed by atoms with van der Waals surface area (Å²) in [5.74, 6) is -1.42. The Morgan fingerprint density at radius 3 is 2.28 bits per heavy atom. The number of halogens is 3. The van der Waals surface area contributed by atoms with Crippen LogP contribution in [0.15, 0.2) is 12.1 Å². The van der Waals surface area contributed by atoms with Gasteiger partial charge in [0, 0.05) is 26.2 Å². The van der Waals surface area contributed by atoms with Crippen LogP contribution in [0.2, 0.25) is 0 Å². The highest BCUT2D eigenvalue weighted by molar-refractivity contribution is 5.97. The second kappa shape index (κ2) is 8.05. The summed E-state index contributed by atoms with van der Waals surface area (Å²) in [4.78, 5) is 24.5. The van der Waals surface area contributed by atoms with Crippen molar-refractivity contribution in [3.05, 3.63) is 27.8 Å². The Hall–Kier alpha value is -2.56. The number of carbonyl (C=O) groups is 1. The van der Waals surface area contributed by atoms with E-state index in [1.54, 1.807) is 18.7 Å². The van der Waals surface area contributed by atoms with Crippen LogP contribution in [0, 0.1) is 16.0 Å². The van der Waals surface area contributed by atoms with Crippen LogP contribution in [-0.4, -0.2) is 59.6 Å². The largest absolute Gasteiger partial charge is 0.478 e. The van der Waals surface area contributed by atoms with Gasteiger partial charge < -0.3 is 20.0 Å². The summed E-state index contributed by atoms with van der Waals surface area (Å²) in [7, 11) is 1.07. The molecule has 0 aromatic heterocycles. The van der Waals surface area contributed by atoms with Crippen molar-refractivity contribution in [2.75, 3.05) is 36.5 Å². The summed E-state index contributed by atoms with van der Waals surface area (Å²) in [6, 6.07) is 1.94. The zero-order valence-electron chi connectivity index (χ0n) is 16.4. The van der Waals surface area contributed by atoms with Crippen LogP contribution in [0.1, 0.15) is 37.0 Å². The van der Waals surface area contributed by atoms with Gasteiger partial charge in [-0.2, -0.15) is 13.2 Å². The molecule has 1 aliphatic heterocycles. The monoisotopic (exact) mass is 419 g/mol. The molecule has 0 unspecified atom stereocenters. The molecule has 11 heteroatoms. The summed E-state index contributed by atoms with van der Waals surface area (Å²) in [6.45, 7) is 2.70. The molecule has 1 aliphatic rings. The maximum atomic E-state index is 12.8. The topological polar surface area (TPSA) is 107 Å². The number of nitro benzene ring substituents is 1. The standard InChI is InChI=1S/C18H24F3N3O5/c1-17(2,27)11-4-6-23(7-5-11)13-9-14(22(3)10-18(19,20)21)15(24(28)29)8-12(13)16(25)26/h8-9,11,27H,4-7,10H2,1-3H3,(H,25,26). The number of aliphatic hydroxyl groups is 1. The fourth-order valence-corrected chi connectivity index (χ4v) is 3.63. The highest BCUT2D eigenvalue weighted by atomic mass is 19.4. The van der Waals surface area contributed by atoms with Gasteiger partial charge in [-0.3, -0.25) is 10.1 Å². The number of aromatic carboxylic acids is 1. The number of piperidine rings is 1. The summed E-state index contributed by atoms with van der Waals surface area (Å²) >= 11 is 0. The first-order valence-corrected chi connectivity index (χ1v) is 9.01. The molecular formula is C18H24F3N3O5. The third-order valence-electron chi connectivity index (χ3n) is 5.18. The van der Waals surface area contributed by atoms with Crippen LogP contribution in [-0.2, 0) is 0 Å². The van der Waals surface area contributed by atoms with Crippen LogP contribution in [0.4, 0.5) is 30.2 Å². The summed E-state index contributed by atoms with van der Waals surface area (Å²) in [5, 5.41) is 31.1. The predicted octanol–water partition coefficient (Wildman–Crippen LogP) is 3.28. The normalized spacial score (nSPS) is 16.0. The van der Waals surface area contributed by atoms with E-state index in [4.69, 9.17) is 0 Å². The number of anilines is 2. The van der Waals surface area contributed by atoms with Crippen molar-refractivity contribution in [1.29, 1.82) is 0 Å². The number of hydrogen-bond donors (Lipinski definition) is 2. The Morgan fingerprint density at radius 2 is 1.86 bits per heavy atom. The molecule has 0 aliphatic carbocycles. The minimum absolute atomic E-state index is 0.0163. The van der Waals surface area contributed by atoms with Crippen LogP contribution in [0.3, 0.4) is 0 Å². The molecule has 0 bridgehead atoms. The van der Waals surface area contributed by atoms with Crippen LogP contribution in [0.5, 0.6) is 0 Å². The second-order valence-corrected chi connectivity index (χ2v) is 7.81. The second-order valence-electron chi connectivity index (χ2n) is 7.81. The fraction of sp³-hybridized carbons (Fsp3) is 0.611. The average molecular weight is 419 g/mol. The first-order valence-electron chi connectivity index (χ1n) is 9.01. The van der Waals surface area contributed by atoms with Gasteiger partial charge >= 0.3 is 12.1 Å². The Kier molecular flexibility index (Phi) is 6.31. The fourth-order valence-electron chi connectivity index (χ4n) is 3.63. The van der Waals surface area contributed by atoms with Crippen molar-refractivity contribution in [2.45, 2.75) is 38.5 Å². The van der Waals surface area contributed by atoms with Gasteiger partial charge in [0.05, 0.1) is 21.8 Å². The number of carboxylic acids is 1. The third-order valence-corrected chi connectivity index (χ3v) is 5.18. The maximum Gasteiger partial charge on any atom is 0.405 e. The summed E-state index contributed by atoms with van der Waals surface area (Å²) < 4.78 is 38.4. The van der Waals surface area contributed by atoms with Crippen molar-refractivity contribution < 1.29 is 33.1 Å². The minimum atomic E-state index is -4.58. The van der Waals surface area contributed by atoms with Crippen LogP contribution >= 0.6 is 0 Å². The quantitative estimate of drug-likeness (QED) is 0.538. The van der Waals surface area contributed by atoms with E-state index in [0.717, 1.165) is 19.2 Å². The molecule has 29 heavy (non-hydrogen) atoms. The van der Waals surface area contributed by atoms with Crippen molar-refractivity contribution in [3.8, 4) is 0 Å². The van der Waals surface area contributed by atoms with Crippen LogP contribution in [0.25, 0.3) is 0 Å². The molecule has 1 fully saturated rings. The van der Waals surface area contributed by atoms with Gasteiger partial charge in [0.25, 0.3) is 5.69 Å². The van der Waals surface area contributed by atoms with E-state index in [1.807, 2.05) is 0 Å². The van der Waals surface area contributed by atoms with Gasteiger partial charge in [0.1, 0.15) is 12.2 Å². The molecule has 0 radical (unpaired) electrons. The van der Waals surface area contributed by atoms with E-state index in [1.165, 1.54) is 0 Å². The molecule has 2 N–H and O–H groups in total. The first-order chi connectivity index (χ1) is 13.2. The number of hydrogen-bond acceptors (Lipinski definition) is 6. The number of rotatable bonds is 6. The Bertz CT molecular complexity index is 784. The van der Waals surface area contributed by atoms with Gasteiger partial charge in [0.15, 0.2) is 0 Å². The lowest BCUT2D eigenvalue weighted by Crippen LogP contribution is -2.42. The van der Waals surface area contributed by atoms with E-state index in [9.17, 15) is 38.3 Å². The number of benzene rings is 1. The molecule has 2 rings (SSSR count). The zero-order chi connectivity index (χ0) is 22.1. The molecule has 1 saturated heterocycles.